The van der Waals surface area contributed by atoms with Gasteiger partial charge >= 0.3 is 0 Å². The number of thiophene rings is 1. The van der Waals surface area contributed by atoms with Gasteiger partial charge in [0.15, 0.2) is 0 Å². The lowest BCUT2D eigenvalue weighted by atomic mass is 9.81. The number of hydrogen-bond acceptors (Lipinski definition) is 5. The highest BCUT2D eigenvalue weighted by atomic mass is 32.1. The zero-order valence-electron chi connectivity index (χ0n) is 15.4. The summed E-state index contributed by atoms with van der Waals surface area (Å²) in [6, 6.07) is 4.18. The molecule has 7 heteroatoms. The van der Waals surface area contributed by atoms with Crippen molar-refractivity contribution in [1.82, 2.24) is 15.1 Å². The molecule has 1 aromatic rings. The number of fused-ring (bicyclic) bond motifs is 1. The van der Waals surface area contributed by atoms with Gasteiger partial charge in [0.1, 0.15) is 0 Å². The zero-order valence-corrected chi connectivity index (χ0v) is 16.3. The summed E-state index contributed by atoms with van der Waals surface area (Å²) in [7, 11) is 3.97. The predicted octanol–water partition coefficient (Wildman–Crippen LogP) is 2.03. The molecule has 26 heavy (non-hydrogen) atoms. The number of likely N-dealkylation sites (N-methyl/N-ethyl adjacent to an activating group) is 1. The molecule has 6 nitrogen and oxygen atoms in total. The second-order valence-electron chi connectivity index (χ2n) is 7.37. The van der Waals surface area contributed by atoms with Gasteiger partial charge in [0.25, 0.3) is 0 Å². The van der Waals surface area contributed by atoms with Gasteiger partial charge < -0.3 is 10.2 Å². The first-order valence-electron chi connectivity index (χ1n) is 9.30. The fraction of sp³-hybridized carbons (Fsp3) is 0.632. The van der Waals surface area contributed by atoms with E-state index in [-0.39, 0.29) is 48.6 Å². The molecule has 142 valence electrons. The van der Waals surface area contributed by atoms with Gasteiger partial charge in [0.2, 0.25) is 17.7 Å². The minimum absolute atomic E-state index is 0.0720. The van der Waals surface area contributed by atoms with Crippen molar-refractivity contribution in [1.29, 1.82) is 0 Å². The Bertz CT molecular complexity index is 635. The maximum Gasteiger partial charge on any atom is 0.233 e. The normalized spacial score (nSPS) is 24.0. The molecule has 0 unspecified atom stereocenters. The Morgan fingerprint density at radius 3 is 2.46 bits per heavy atom. The fourth-order valence-corrected chi connectivity index (χ4v) is 4.90. The van der Waals surface area contributed by atoms with Gasteiger partial charge in [-0.15, -0.1) is 11.3 Å². The van der Waals surface area contributed by atoms with Gasteiger partial charge in [0, 0.05) is 24.4 Å². The molecule has 0 spiro atoms. The van der Waals surface area contributed by atoms with E-state index in [4.69, 9.17) is 0 Å². The lowest BCUT2D eigenvalue weighted by Crippen LogP contribution is -2.38. The molecule has 3 atom stereocenters. The van der Waals surface area contributed by atoms with Crippen LogP contribution in [0, 0.1) is 11.8 Å². The minimum Gasteiger partial charge on any atom is -0.354 e. The lowest BCUT2D eigenvalue weighted by molar-refractivity contribution is -0.140. The number of carbonyl (C=O) groups is 3. The molecule has 0 bridgehead atoms. The smallest absolute Gasteiger partial charge is 0.233 e. The second-order valence-corrected chi connectivity index (χ2v) is 8.35. The maximum atomic E-state index is 12.4. The van der Waals surface area contributed by atoms with Crippen LogP contribution in [0.3, 0.4) is 0 Å². The predicted molar refractivity (Wildman–Crippen MR) is 101 cm³/mol. The van der Waals surface area contributed by atoms with Gasteiger partial charge in [-0.2, -0.15) is 0 Å². The third kappa shape index (κ3) is 3.99. The van der Waals surface area contributed by atoms with Crippen LogP contribution >= 0.6 is 11.3 Å². The molecule has 1 aromatic heterocycles. The van der Waals surface area contributed by atoms with Crippen LogP contribution in [0.2, 0.25) is 0 Å². The third-order valence-corrected chi connectivity index (χ3v) is 6.46. The minimum atomic E-state index is -0.142. The van der Waals surface area contributed by atoms with Crippen LogP contribution in [0.4, 0.5) is 0 Å². The van der Waals surface area contributed by atoms with Crippen LogP contribution in [0.15, 0.2) is 17.5 Å². The van der Waals surface area contributed by atoms with E-state index in [1.165, 1.54) is 9.78 Å². The molecule has 1 N–H and O–H groups in total. The first-order valence-corrected chi connectivity index (χ1v) is 10.2. The number of imide groups is 1. The quantitative estimate of drug-likeness (QED) is 0.738. The Hall–Kier alpha value is -1.73. The number of hydrogen-bond donors (Lipinski definition) is 1. The zero-order chi connectivity index (χ0) is 18.7. The van der Waals surface area contributed by atoms with Crippen molar-refractivity contribution in [2.24, 2.45) is 11.8 Å². The summed E-state index contributed by atoms with van der Waals surface area (Å²) in [6.45, 7) is 0.710. The Morgan fingerprint density at radius 1 is 1.27 bits per heavy atom. The van der Waals surface area contributed by atoms with E-state index in [9.17, 15) is 14.4 Å². The first kappa shape index (κ1) is 19.0. The van der Waals surface area contributed by atoms with Crippen LogP contribution in [0.5, 0.6) is 0 Å². The van der Waals surface area contributed by atoms with Gasteiger partial charge in [-0.3, -0.25) is 19.3 Å². The van der Waals surface area contributed by atoms with Crippen LogP contribution in [0.25, 0.3) is 0 Å². The highest BCUT2D eigenvalue weighted by Gasteiger charge is 2.47. The Morgan fingerprint density at radius 2 is 1.92 bits per heavy atom. The van der Waals surface area contributed by atoms with E-state index in [0.29, 0.717) is 6.54 Å². The van der Waals surface area contributed by atoms with Crippen molar-refractivity contribution >= 4 is 29.1 Å². The summed E-state index contributed by atoms with van der Waals surface area (Å²) in [4.78, 5) is 41.7. The molecule has 3 amide bonds. The molecule has 1 aliphatic heterocycles. The highest BCUT2D eigenvalue weighted by molar-refractivity contribution is 7.10. The van der Waals surface area contributed by atoms with Crippen molar-refractivity contribution < 1.29 is 14.4 Å². The largest absolute Gasteiger partial charge is 0.354 e. The van der Waals surface area contributed by atoms with E-state index in [1.807, 2.05) is 25.5 Å². The first-order chi connectivity index (χ1) is 12.5. The van der Waals surface area contributed by atoms with E-state index in [0.717, 1.165) is 25.7 Å². The SMILES string of the molecule is CN(C)[C@H](CNC(=O)CCN1C(=O)[C@H]2CCCC[C@H]2C1=O)c1cccs1. The Balaban J connectivity index is 1.49. The second kappa shape index (κ2) is 8.31. The van der Waals surface area contributed by atoms with Gasteiger partial charge in [-0.1, -0.05) is 18.9 Å². The topological polar surface area (TPSA) is 69.7 Å². The van der Waals surface area contributed by atoms with Gasteiger partial charge in [-0.05, 0) is 38.4 Å². The van der Waals surface area contributed by atoms with E-state index in [1.54, 1.807) is 11.3 Å². The molecular formula is C19H27N3O3S. The monoisotopic (exact) mass is 377 g/mol. The van der Waals surface area contributed by atoms with Crippen LogP contribution < -0.4 is 5.32 Å². The molecule has 1 aliphatic carbocycles. The number of rotatable bonds is 7. The fourth-order valence-electron chi connectivity index (χ4n) is 3.98. The maximum absolute atomic E-state index is 12.4. The van der Waals surface area contributed by atoms with E-state index < -0.39 is 0 Å². The van der Waals surface area contributed by atoms with Gasteiger partial charge in [-0.25, -0.2) is 0 Å². The summed E-state index contributed by atoms with van der Waals surface area (Å²) >= 11 is 1.67. The summed E-state index contributed by atoms with van der Waals surface area (Å²) < 4.78 is 0. The number of nitrogens with zero attached hydrogens (tertiary/aromatic N) is 2. The number of nitrogens with one attached hydrogen (secondary N) is 1. The number of amides is 3. The molecular weight excluding hydrogens is 350 g/mol. The molecule has 2 aliphatic rings. The Labute approximate surface area is 158 Å². The summed E-state index contributed by atoms with van der Waals surface area (Å²) in [5, 5.41) is 4.97. The standard InChI is InChI=1S/C19H27N3O3S/c1-21(2)15(16-8-5-11-26-16)12-20-17(23)9-10-22-18(24)13-6-3-4-7-14(13)19(22)25/h5,8,11,13-15H,3-4,6-7,9-10,12H2,1-2H3,(H,20,23)/t13-,14+,15-/m1/s1. The van der Waals surface area contributed by atoms with Crippen molar-refractivity contribution in [2.45, 2.75) is 38.1 Å². The average molecular weight is 378 g/mol. The van der Waals surface area contributed by atoms with Gasteiger partial charge in [0.05, 0.1) is 17.9 Å². The summed E-state index contributed by atoms with van der Waals surface area (Å²) in [6.07, 6.45) is 3.82. The molecule has 1 saturated heterocycles. The van der Waals surface area contributed by atoms with Crippen LogP contribution in [0.1, 0.15) is 43.0 Å². The molecule has 2 heterocycles. The molecule has 0 radical (unpaired) electrons. The van der Waals surface area contributed by atoms with Crippen LogP contribution in [-0.4, -0.2) is 54.7 Å². The Kier molecular flexibility index (Phi) is 6.09. The van der Waals surface area contributed by atoms with Crippen LogP contribution in [-0.2, 0) is 14.4 Å². The average Bonchev–Trinajstić information content (AvgIpc) is 3.22. The third-order valence-electron chi connectivity index (χ3n) is 5.48. The van der Waals surface area contributed by atoms with Crippen molar-refractivity contribution in [3.05, 3.63) is 22.4 Å². The van der Waals surface area contributed by atoms with Crippen molar-refractivity contribution in [2.75, 3.05) is 27.2 Å². The summed E-state index contributed by atoms with van der Waals surface area (Å²) in [5.74, 6) is -0.550. The van der Waals surface area contributed by atoms with E-state index in [2.05, 4.69) is 16.3 Å². The molecule has 0 aromatic carbocycles. The van der Waals surface area contributed by atoms with Crippen molar-refractivity contribution in [3.63, 3.8) is 0 Å². The lowest BCUT2D eigenvalue weighted by Gasteiger charge is -2.23. The number of likely N-dealkylation sites (tertiary alicyclic amines) is 1. The van der Waals surface area contributed by atoms with Crippen molar-refractivity contribution in [3.8, 4) is 0 Å². The number of carbonyl (C=O) groups excluding carboxylic acids is 3. The molecule has 2 fully saturated rings. The molecule has 1 saturated carbocycles. The molecule has 3 rings (SSSR count). The van der Waals surface area contributed by atoms with E-state index >= 15 is 0 Å². The summed E-state index contributed by atoms with van der Waals surface area (Å²) in [5.41, 5.74) is 0. The highest BCUT2D eigenvalue weighted by Crippen LogP contribution is 2.37.